The standard InChI is InChI=1S/C26H34O10/c1-7-13(3)23(29)36-22-18-15(5)24(30)35-21(18)19(28)14(4)10-9-11-17(26(32)33-6)20(22)34-25(31)16(8-2)12-27/h8,11,13,18-22,27-28H,4-5,7,9-10,12H2,1-3,6H3/b16-8-,17-11+/t13?,18-,19-,20-,21-,22-/m0/s1. The topological polar surface area (TPSA) is 146 Å². The molecule has 2 aliphatic rings. The molecule has 10 nitrogen and oxygen atoms in total. The number of carbonyl (C=O) groups excluding carboxylic acids is 4. The summed E-state index contributed by atoms with van der Waals surface area (Å²) in [5.41, 5.74) is -0.0536. The first kappa shape index (κ1) is 29.0. The molecule has 0 spiro atoms. The van der Waals surface area contributed by atoms with Gasteiger partial charge in [0.05, 0.1) is 36.7 Å². The van der Waals surface area contributed by atoms with Gasteiger partial charge in [0.2, 0.25) is 0 Å². The van der Waals surface area contributed by atoms with E-state index in [0.717, 1.165) is 7.11 Å². The fourth-order valence-electron chi connectivity index (χ4n) is 3.99. The second kappa shape index (κ2) is 12.6. The maximum absolute atomic E-state index is 13.0. The van der Waals surface area contributed by atoms with Crippen molar-refractivity contribution in [1.82, 2.24) is 0 Å². The zero-order chi connectivity index (χ0) is 27.2. The molecule has 2 N–H and O–H groups in total. The van der Waals surface area contributed by atoms with Crippen molar-refractivity contribution in [2.24, 2.45) is 11.8 Å². The normalized spacial score (nSPS) is 29.3. The van der Waals surface area contributed by atoms with Crippen LogP contribution in [0, 0.1) is 11.8 Å². The number of esters is 4. The summed E-state index contributed by atoms with van der Waals surface area (Å²) in [5, 5.41) is 20.5. The summed E-state index contributed by atoms with van der Waals surface area (Å²) in [6, 6.07) is 0. The van der Waals surface area contributed by atoms with Crippen LogP contribution in [0.1, 0.15) is 40.0 Å². The lowest BCUT2D eigenvalue weighted by Crippen LogP contribution is -2.50. The van der Waals surface area contributed by atoms with Crippen LogP contribution in [0.15, 0.2) is 47.6 Å². The Kier molecular flexibility index (Phi) is 10.2. The molecule has 0 radical (unpaired) electrons. The lowest BCUT2D eigenvalue weighted by molar-refractivity contribution is -0.175. The zero-order valence-electron chi connectivity index (χ0n) is 21.0. The van der Waals surface area contributed by atoms with Gasteiger partial charge < -0.3 is 29.2 Å². The third kappa shape index (κ3) is 6.11. The number of aliphatic hydroxyl groups is 2. The molecule has 0 aromatic carbocycles. The van der Waals surface area contributed by atoms with Crippen molar-refractivity contribution in [3.8, 4) is 0 Å². The minimum absolute atomic E-state index is 0.106. The van der Waals surface area contributed by atoms with E-state index >= 15 is 0 Å². The highest BCUT2D eigenvalue weighted by atomic mass is 16.6. The first-order chi connectivity index (χ1) is 17.0. The van der Waals surface area contributed by atoms with Gasteiger partial charge in [-0.05, 0) is 31.8 Å². The molecule has 0 bridgehead atoms. The number of hydrogen-bond donors (Lipinski definition) is 2. The minimum Gasteiger partial charge on any atom is -0.466 e. The largest absolute Gasteiger partial charge is 0.466 e. The molecule has 2 rings (SSSR count). The van der Waals surface area contributed by atoms with E-state index in [1.54, 1.807) is 13.8 Å². The first-order valence-corrected chi connectivity index (χ1v) is 11.7. The quantitative estimate of drug-likeness (QED) is 0.226. The Morgan fingerprint density at radius 3 is 2.50 bits per heavy atom. The highest BCUT2D eigenvalue weighted by Crippen LogP contribution is 2.40. The Hall–Kier alpha value is -3.24. The molecule has 10 heteroatoms. The molecule has 1 aliphatic carbocycles. The molecule has 6 atom stereocenters. The molecule has 1 heterocycles. The lowest BCUT2D eigenvalue weighted by atomic mass is 9.80. The van der Waals surface area contributed by atoms with Crippen LogP contribution in [0.5, 0.6) is 0 Å². The predicted molar refractivity (Wildman–Crippen MR) is 127 cm³/mol. The Morgan fingerprint density at radius 1 is 1.28 bits per heavy atom. The summed E-state index contributed by atoms with van der Waals surface area (Å²) in [4.78, 5) is 51.3. The van der Waals surface area contributed by atoms with E-state index in [4.69, 9.17) is 18.9 Å². The third-order valence-electron chi connectivity index (χ3n) is 6.48. The van der Waals surface area contributed by atoms with Crippen LogP contribution in [0.3, 0.4) is 0 Å². The summed E-state index contributed by atoms with van der Waals surface area (Å²) < 4.78 is 21.8. The van der Waals surface area contributed by atoms with E-state index in [9.17, 15) is 29.4 Å². The number of fused-ring (bicyclic) bond motifs is 1. The summed E-state index contributed by atoms with van der Waals surface area (Å²) in [5.74, 6) is -5.11. The Balaban J connectivity index is 2.78. The molecule has 36 heavy (non-hydrogen) atoms. The van der Waals surface area contributed by atoms with Crippen molar-refractivity contribution >= 4 is 23.9 Å². The second-order valence-corrected chi connectivity index (χ2v) is 8.72. The maximum atomic E-state index is 13.0. The van der Waals surface area contributed by atoms with Gasteiger partial charge in [-0.15, -0.1) is 0 Å². The van der Waals surface area contributed by atoms with E-state index in [1.165, 1.54) is 19.1 Å². The van der Waals surface area contributed by atoms with Crippen LogP contribution in [-0.4, -0.2) is 72.2 Å². The Labute approximate surface area is 210 Å². The van der Waals surface area contributed by atoms with Crippen molar-refractivity contribution in [1.29, 1.82) is 0 Å². The highest BCUT2D eigenvalue weighted by molar-refractivity contribution is 5.94. The second-order valence-electron chi connectivity index (χ2n) is 8.72. The van der Waals surface area contributed by atoms with Crippen molar-refractivity contribution in [3.63, 3.8) is 0 Å². The molecular formula is C26H34O10. The van der Waals surface area contributed by atoms with Crippen LogP contribution >= 0.6 is 0 Å². The number of ether oxygens (including phenoxy) is 4. The number of methoxy groups -OCH3 is 1. The Morgan fingerprint density at radius 2 is 1.94 bits per heavy atom. The molecule has 1 fully saturated rings. The molecule has 0 aromatic heterocycles. The smallest absolute Gasteiger partial charge is 0.337 e. The van der Waals surface area contributed by atoms with Crippen molar-refractivity contribution < 1.29 is 48.3 Å². The molecule has 0 aromatic rings. The SMILES string of the molecule is C=C1C(=O)O[C@H]2[C@H]1[C@H](OC(=O)C(C)CC)[C@@H](OC(=O)/C(=C\C)CO)/C(C(=O)OC)=C\CCC(=C)[C@@H]2O. The number of aliphatic hydroxyl groups excluding tert-OH is 2. The number of carbonyl (C=O) groups is 4. The van der Waals surface area contributed by atoms with Crippen LogP contribution < -0.4 is 0 Å². The monoisotopic (exact) mass is 506 g/mol. The van der Waals surface area contributed by atoms with Gasteiger partial charge in [-0.25, -0.2) is 14.4 Å². The molecule has 1 unspecified atom stereocenters. The van der Waals surface area contributed by atoms with Crippen molar-refractivity contribution in [3.05, 3.63) is 47.6 Å². The van der Waals surface area contributed by atoms with E-state index in [-0.39, 0.29) is 29.6 Å². The minimum atomic E-state index is -1.57. The van der Waals surface area contributed by atoms with E-state index in [0.29, 0.717) is 12.0 Å². The van der Waals surface area contributed by atoms with Gasteiger partial charge >= 0.3 is 23.9 Å². The maximum Gasteiger partial charge on any atom is 0.337 e. The highest BCUT2D eigenvalue weighted by Gasteiger charge is 2.54. The first-order valence-electron chi connectivity index (χ1n) is 11.7. The van der Waals surface area contributed by atoms with Gasteiger partial charge in [0.1, 0.15) is 12.2 Å². The van der Waals surface area contributed by atoms with Gasteiger partial charge in [-0.3, -0.25) is 4.79 Å². The van der Waals surface area contributed by atoms with Crippen LogP contribution in [0.2, 0.25) is 0 Å². The van der Waals surface area contributed by atoms with Gasteiger partial charge in [0, 0.05) is 5.57 Å². The summed E-state index contributed by atoms with van der Waals surface area (Å²) in [6.45, 7) is 11.9. The molecular weight excluding hydrogens is 472 g/mol. The van der Waals surface area contributed by atoms with Crippen molar-refractivity contribution in [2.45, 2.75) is 64.4 Å². The average Bonchev–Trinajstić information content (AvgIpc) is 3.16. The Bertz CT molecular complexity index is 975. The van der Waals surface area contributed by atoms with Gasteiger partial charge in [0.25, 0.3) is 0 Å². The lowest BCUT2D eigenvalue weighted by Gasteiger charge is -2.36. The summed E-state index contributed by atoms with van der Waals surface area (Å²) in [6.07, 6.45) is -2.07. The summed E-state index contributed by atoms with van der Waals surface area (Å²) in [7, 11) is 1.14. The van der Waals surface area contributed by atoms with Crippen LogP contribution in [0.4, 0.5) is 0 Å². The fourth-order valence-corrected chi connectivity index (χ4v) is 3.99. The van der Waals surface area contributed by atoms with Gasteiger partial charge in [-0.2, -0.15) is 0 Å². The molecule has 1 aliphatic heterocycles. The molecule has 0 saturated carbocycles. The van der Waals surface area contributed by atoms with E-state index in [1.807, 2.05) is 0 Å². The van der Waals surface area contributed by atoms with E-state index in [2.05, 4.69) is 13.2 Å². The van der Waals surface area contributed by atoms with E-state index < -0.39 is 66.7 Å². The molecule has 198 valence electrons. The number of rotatable bonds is 7. The van der Waals surface area contributed by atoms with Gasteiger partial charge in [0.15, 0.2) is 12.2 Å². The van der Waals surface area contributed by atoms with Crippen LogP contribution in [-0.2, 0) is 38.1 Å². The predicted octanol–water partition coefficient (Wildman–Crippen LogP) is 1.70. The third-order valence-corrected chi connectivity index (χ3v) is 6.48. The fraction of sp³-hybridized carbons (Fsp3) is 0.538. The van der Waals surface area contributed by atoms with Gasteiger partial charge in [-0.1, -0.05) is 39.2 Å². The number of allylic oxidation sites excluding steroid dienone is 2. The average molecular weight is 507 g/mol. The molecule has 0 amide bonds. The van der Waals surface area contributed by atoms with Crippen molar-refractivity contribution in [2.75, 3.05) is 13.7 Å². The molecule has 1 saturated heterocycles. The summed E-state index contributed by atoms with van der Waals surface area (Å²) >= 11 is 0. The number of hydrogen-bond acceptors (Lipinski definition) is 10. The zero-order valence-corrected chi connectivity index (χ0v) is 21.0. The van der Waals surface area contributed by atoms with Crippen LogP contribution in [0.25, 0.3) is 0 Å².